The number of rotatable bonds is 4. The van der Waals surface area contributed by atoms with E-state index in [9.17, 15) is 30.6 Å². The van der Waals surface area contributed by atoms with Gasteiger partial charge >= 0.3 is 0 Å². The van der Waals surface area contributed by atoms with Crippen LogP contribution in [0.2, 0.25) is 0 Å². The van der Waals surface area contributed by atoms with Gasteiger partial charge in [0.25, 0.3) is 0 Å². The van der Waals surface area contributed by atoms with Gasteiger partial charge in [0.1, 0.15) is 42.7 Å². The quantitative estimate of drug-likeness (QED) is 0.249. The van der Waals surface area contributed by atoms with Gasteiger partial charge in [-0.2, -0.15) is 0 Å². The van der Waals surface area contributed by atoms with Crippen LogP contribution in [-0.4, -0.2) is 109 Å². The maximum Gasteiger partial charge on any atom is 0.197 e. The summed E-state index contributed by atoms with van der Waals surface area (Å²) in [6.07, 6.45) is -12.3. The molecule has 0 aromatic heterocycles. The molecule has 10 nitrogen and oxygen atoms in total. The van der Waals surface area contributed by atoms with E-state index in [4.69, 9.17) is 19.7 Å². The molecule has 0 aromatic carbocycles. The van der Waals surface area contributed by atoms with E-state index in [0.717, 1.165) is 0 Å². The minimum absolute atomic E-state index is 0.552. The third-order valence-corrected chi connectivity index (χ3v) is 4.19. The van der Waals surface area contributed by atoms with Gasteiger partial charge < -0.3 is 50.3 Å². The van der Waals surface area contributed by atoms with Crippen molar-refractivity contribution in [1.82, 2.24) is 0 Å². The van der Waals surface area contributed by atoms with Crippen LogP contribution in [0.4, 0.5) is 0 Å². The van der Waals surface area contributed by atoms with Gasteiger partial charge in [-0.15, -0.1) is 0 Å². The molecular weight excluding hydrogens is 304 g/mol. The smallest absolute Gasteiger partial charge is 0.197 e. The third kappa shape index (κ3) is 2.99. The summed E-state index contributed by atoms with van der Waals surface area (Å²) in [5, 5.41) is 77.1. The highest BCUT2D eigenvalue weighted by Crippen LogP contribution is 2.36. The Bertz CT molecular complexity index is 379. The van der Waals surface area contributed by atoms with E-state index in [0.29, 0.717) is 0 Å². The second-order valence-corrected chi connectivity index (χ2v) is 5.69. The van der Waals surface area contributed by atoms with Crippen molar-refractivity contribution in [3.05, 3.63) is 0 Å². The SMILES string of the molecule is OC[C@H]1OC(O)(C[C@H]2O[C@H](CO)[C@@H](O)[C@H](O)[C@H]2O)[C@@H](O)[C@@H]1O. The first-order valence-corrected chi connectivity index (χ1v) is 6.93. The minimum Gasteiger partial charge on any atom is -0.394 e. The number of hydrogen-bond donors (Lipinski definition) is 8. The fraction of sp³-hybridized carbons (Fsp3) is 1.00. The third-order valence-electron chi connectivity index (χ3n) is 4.19. The van der Waals surface area contributed by atoms with Gasteiger partial charge in [-0.05, 0) is 0 Å². The monoisotopic (exact) mass is 326 g/mol. The van der Waals surface area contributed by atoms with Gasteiger partial charge in [0.15, 0.2) is 5.79 Å². The molecule has 0 amide bonds. The molecule has 2 saturated heterocycles. The van der Waals surface area contributed by atoms with Crippen molar-refractivity contribution >= 4 is 0 Å². The summed E-state index contributed by atoms with van der Waals surface area (Å²) in [6, 6.07) is 0. The van der Waals surface area contributed by atoms with Gasteiger partial charge in [-0.1, -0.05) is 0 Å². The van der Waals surface area contributed by atoms with Gasteiger partial charge in [0, 0.05) is 6.42 Å². The van der Waals surface area contributed by atoms with Crippen molar-refractivity contribution < 1.29 is 50.3 Å². The molecule has 10 heteroatoms. The van der Waals surface area contributed by atoms with E-state index in [1.54, 1.807) is 0 Å². The second-order valence-electron chi connectivity index (χ2n) is 5.69. The molecule has 0 radical (unpaired) electrons. The van der Waals surface area contributed by atoms with Gasteiger partial charge in [0.2, 0.25) is 0 Å². The first-order chi connectivity index (χ1) is 10.2. The van der Waals surface area contributed by atoms with Gasteiger partial charge in [-0.3, -0.25) is 0 Å². The Morgan fingerprint density at radius 3 is 1.77 bits per heavy atom. The fourth-order valence-electron chi connectivity index (χ4n) is 2.82. The molecular formula is C12H22O10. The zero-order chi connectivity index (χ0) is 16.7. The van der Waals surface area contributed by atoms with Crippen molar-refractivity contribution in [2.45, 2.75) is 61.0 Å². The maximum absolute atomic E-state index is 10.3. The van der Waals surface area contributed by atoms with E-state index in [-0.39, 0.29) is 0 Å². The van der Waals surface area contributed by atoms with Crippen LogP contribution in [0.3, 0.4) is 0 Å². The lowest BCUT2D eigenvalue weighted by atomic mass is 9.89. The van der Waals surface area contributed by atoms with E-state index in [1.165, 1.54) is 0 Å². The summed E-state index contributed by atoms with van der Waals surface area (Å²) in [5.74, 6) is -2.32. The predicted octanol–water partition coefficient (Wildman–Crippen LogP) is -4.98. The largest absolute Gasteiger partial charge is 0.394 e. The summed E-state index contributed by atoms with van der Waals surface area (Å²) < 4.78 is 10.2. The molecule has 0 saturated carbocycles. The van der Waals surface area contributed by atoms with Crippen molar-refractivity contribution in [2.24, 2.45) is 0 Å². The summed E-state index contributed by atoms with van der Waals surface area (Å²) >= 11 is 0. The van der Waals surface area contributed by atoms with Crippen LogP contribution in [0.25, 0.3) is 0 Å². The van der Waals surface area contributed by atoms with Gasteiger partial charge in [0.05, 0.1) is 19.3 Å². The molecule has 1 unspecified atom stereocenters. The Kier molecular flexibility index (Phi) is 5.39. The number of hydrogen-bond acceptors (Lipinski definition) is 10. The number of ether oxygens (including phenoxy) is 2. The molecule has 0 aromatic rings. The molecule has 22 heavy (non-hydrogen) atoms. The Balaban J connectivity index is 2.12. The van der Waals surface area contributed by atoms with Crippen LogP contribution < -0.4 is 0 Å². The highest BCUT2D eigenvalue weighted by molar-refractivity contribution is 5.00. The highest BCUT2D eigenvalue weighted by Gasteiger charge is 2.56. The van der Waals surface area contributed by atoms with E-state index >= 15 is 0 Å². The molecule has 9 atom stereocenters. The summed E-state index contributed by atoms with van der Waals surface area (Å²) in [5.41, 5.74) is 0. The van der Waals surface area contributed by atoms with Crippen LogP contribution in [0, 0.1) is 0 Å². The predicted molar refractivity (Wildman–Crippen MR) is 67.3 cm³/mol. The summed E-state index contributed by atoms with van der Waals surface area (Å²) in [4.78, 5) is 0. The molecule has 0 bridgehead atoms. The minimum atomic E-state index is -2.32. The molecule has 2 heterocycles. The van der Waals surface area contributed by atoms with Crippen LogP contribution >= 0.6 is 0 Å². The zero-order valence-corrected chi connectivity index (χ0v) is 11.6. The Morgan fingerprint density at radius 2 is 1.27 bits per heavy atom. The lowest BCUT2D eigenvalue weighted by Crippen LogP contribution is -2.60. The lowest BCUT2D eigenvalue weighted by Gasteiger charge is -2.42. The standard InChI is InChI=1S/C12H22O10/c13-2-5-8(16)10(18)7(15)4(21-5)1-12(20)11(19)9(17)6(3-14)22-12/h4-11,13-20H,1-3H2/t4-,5-,6-,7+,8-,9-,10-,11+,12?/m1/s1. The fourth-order valence-corrected chi connectivity index (χ4v) is 2.82. The molecule has 2 aliphatic heterocycles. The molecule has 0 spiro atoms. The van der Waals surface area contributed by atoms with Crippen LogP contribution in [-0.2, 0) is 9.47 Å². The molecule has 8 N–H and O–H groups in total. The lowest BCUT2D eigenvalue weighted by molar-refractivity contribution is -0.282. The Morgan fingerprint density at radius 1 is 0.727 bits per heavy atom. The average Bonchev–Trinajstić information content (AvgIpc) is 2.72. The van der Waals surface area contributed by atoms with Crippen LogP contribution in [0.5, 0.6) is 0 Å². The molecule has 130 valence electrons. The summed E-state index contributed by atoms with van der Waals surface area (Å²) in [7, 11) is 0. The maximum atomic E-state index is 10.3. The van der Waals surface area contributed by atoms with Crippen LogP contribution in [0.1, 0.15) is 6.42 Å². The first kappa shape index (κ1) is 17.9. The normalized spacial score (nSPS) is 52.9. The van der Waals surface area contributed by atoms with Crippen LogP contribution in [0.15, 0.2) is 0 Å². The first-order valence-electron chi connectivity index (χ1n) is 6.93. The van der Waals surface area contributed by atoms with E-state index in [1.807, 2.05) is 0 Å². The van der Waals surface area contributed by atoms with Crippen molar-refractivity contribution in [3.8, 4) is 0 Å². The molecule has 0 aliphatic carbocycles. The van der Waals surface area contributed by atoms with Crippen molar-refractivity contribution in [2.75, 3.05) is 13.2 Å². The molecule has 2 aliphatic rings. The van der Waals surface area contributed by atoms with Gasteiger partial charge in [-0.25, -0.2) is 0 Å². The van der Waals surface area contributed by atoms with Crippen molar-refractivity contribution in [3.63, 3.8) is 0 Å². The van der Waals surface area contributed by atoms with E-state index in [2.05, 4.69) is 0 Å². The van der Waals surface area contributed by atoms with Crippen molar-refractivity contribution in [1.29, 1.82) is 0 Å². The topological polar surface area (TPSA) is 180 Å². The number of aliphatic hydroxyl groups excluding tert-OH is 7. The zero-order valence-electron chi connectivity index (χ0n) is 11.6. The Hall–Kier alpha value is -0.400. The molecule has 2 fully saturated rings. The van der Waals surface area contributed by atoms with E-state index < -0.39 is 74.3 Å². The summed E-state index contributed by atoms with van der Waals surface area (Å²) in [6.45, 7) is -1.28. The molecule has 2 rings (SSSR count). The Labute approximate surface area is 125 Å². The second kappa shape index (κ2) is 6.61. The average molecular weight is 326 g/mol. The highest BCUT2D eigenvalue weighted by atomic mass is 16.7. The number of aliphatic hydroxyl groups is 8.